The van der Waals surface area contributed by atoms with Crippen molar-refractivity contribution in [2.24, 2.45) is 0 Å². The highest BCUT2D eigenvalue weighted by Gasteiger charge is 2.29. The molecule has 2 aromatic heterocycles. The molecule has 1 fully saturated rings. The number of fused-ring (bicyclic) bond motifs is 1. The molecule has 0 aliphatic carbocycles. The van der Waals surface area contributed by atoms with Crippen molar-refractivity contribution in [2.45, 2.75) is 25.4 Å². The number of urea groups is 1. The van der Waals surface area contributed by atoms with E-state index in [0.29, 0.717) is 24.7 Å². The van der Waals surface area contributed by atoms with Crippen LogP contribution in [-0.2, 0) is 6.54 Å². The summed E-state index contributed by atoms with van der Waals surface area (Å²) in [6, 6.07) is 9.04. The summed E-state index contributed by atoms with van der Waals surface area (Å²) in [6.45, 7) is 1.48. The van der Waals surface area contributed by atoms with Crippen LogP contribution < -0.4 is 5.32 Å². The lowest BCUT2D eigenvalue weighted by Gasteiger charge is -2.37. The number of carbonyl (C=O) groups is 2. The van der Waals surface area contributed by atoms with Crippen LogP contribution in [0.4, 0.5) is 4.79 Å². The van der Waals surface area contributed by atoms with E-state index in [1.165, 1.54) is 0 Å². The molecule has 1 aliphatic rings. The Kier molecular flexibility index (Phi) is 5.85. The van der Waals surface area contributed by atoms with Crippen LogP contribution in [-0.4, -0.2) is 62.9 Å². The third kappa shape index (κ3) is 4.38. The molecule has 0 spiro atoms. The molecular weight excluding hydrogens is 404 g/mol. The predicted molar refractivity (Wildman–Crippen MR) is 114 cm³/mol. The maximum absolute atomic E-state index is 12.7. The summed E-state index contributed by atoms with van der Waals surface area (Å²) in [5.74, 6) is -0.0185. The molecule has 1 atom stereocenters. The monoisotopic (exact) mass is 426 g/mol. The minimum atomic E-state index is -0.203. The first kappa shape index (κ1) is 20.2. The number of nitrogens with one attached hydrogen (secondary N) is 2. The number of nitrogens with zero attached hydrogens (tertiary/aromatic N) is 4. The molecule has 0 saturated carbocycles. The van der Waals surface area contributed by atoms with Crippen LogP contribution >= 0.6 is 11.6 Å². The lowest BCUT2D eigenvalue weighted by Crippen LogP contribution is -2.52. The lowest BCUT2D eigenvalue weighted by molar-refractivity contribution is 0.0624. The second-order valence-corrected chi connectivity index (χ2v) is 7.85. The molecule has 2 N–H and O–H groups in total. The Labute approximate surface area is 179 Å². The molecule has 8 nitrogen and oxygen atoms in total. The Hall–Kier alpha value is -3.13. The van der Waals surface area contributed by atoms with Gasteiger partial charge in [0.05, 0.1) is 12.6 Å². The smallest absolute Gasteiger partial charge is 0.317 e. The molecule has 3 aromatic rings. The first-order valence-corrected chi connectivity index (χ1v) is 10.2. The number of piperidine rings is 1. The number of likely N-dealkylation sites (tertiary alicyclic amines) is 1. The second kappa shape index (κ2) is 8.71. The van der Waals surface area contributed by atoms with Gasteiger partial charge < -0.3 is 20.1 Å². The van der Waals surface area contributed by atoms with Crippen molar-refractivity contribution in [3.63, 3.8) is 0 Å². The average Bonchev–Trinajstić information content (AvgIpc) is 3.19. The largest absolute Gasteiger partial charge is 0.357 e. The van der Waals surface area contributed by atoms with Crippen molar-refractivity contribution in [3.05, 3.63) is 59.3 Å². The molecule has 4 rings (SSSR count). The van der Waals surface area contributed by atoms with Crippen molar-refractivity contribution in [3.8, 4) is 0 Å². The van der Waals surface area contributed by atoms with E-state index in [0.717, 1.165) is 29.4 Å². The zero-order chi connectivity index (χ0) is 21.1. The van der Waals surface area contributed by atoms with Gasteiger partial charge in [0.15, 0.2) is 0 Å². The lowest BCUT2D eigenvalue weighted by atomic mass is 10.0. The van der Waals surface area contributed by atoms with Crippen LogP contribution in [0.15, 0.2) is 42.7 Å². The number of likely N-dealkylation sites (N-methyl/N-ethyl adjacent to an activating group) is 1. The minimum absolute atomic E-state index is 0.0621. The Morgan fingerprint density at radius 3 is 2.90 bits per heavy atom. The maximum atomic E-state index is 12.7. The molecule has 1 aliphatic heterocycles. The molecule has 0 radical (unpaired) electrons. The second-order valence-electron chi connectivity index (χ2n) is 7.42. The normalized spacial score (nSPS) is 16.5. The fourth-order valence-corrected chi connectivity index (χ4v) is 3.91. The first-order valence-electron chi connectivity index (χ1n) is 9.85. The van der Waals surface area contributed by atoms with E-state index in [4.69, 9.17) is 11.6 Å². The van der Waals surface area contributed by atoms with E-state index >= 15 is 0 Å². The van der Waals surface area contributed by atoms with Gasteiger partial charge in [-0.15, -0.1) is 0 Å². The number of aromatic amines is 1. The fraction of sp³-hybridized carbons (Fsp3) is 0.333. The van der Waals surface area contributed by atoms with E-state index in [1.54, 1.807) is 35.3 Å². The molecule has 1 saturated heterocycles. The highest BCUT2D eigenvalue weighted by Crippen LogP contribution is 2.20. The van der Waals surface area contributed by atoms with Crippen molar-refractivity contribution < 1.29 is 9.59 Å². The Bertz CT molecular complexity index is 1050. The number of amides is 3. The number of halogens is 1. The quantitative estimate of drug-likeness (QED) is 0.670. The van der Waals surface area contributed by atoms with Gasteiger partial charge in [-0.2, -0.15) is 0 Å². The van der Waals surface area contributed by atoms with E-state index in [9.17, 15) is 9.59 Å². The van der Waals surface area contributed by atoms with Gasteiger partial charge in [0.2, 0.25) is 5.82 Å². The van der Waals surface area contributed by atoms with E-state index in [2.05, 4.69) is 20.3 Å². The molecule has 30 heavy (non-hydrogen) atoms. The highest BCUT2D eigenvalue weighted by atomic mass is 35.5. The number of aromatic nitrogens is 3. The van der Waals surface area contributed by atoms with Crippen LogP contribution in [0, 0.1) is 0 Å². The summed E-state index contributed by atoms with van der Waals surface area (Å²) >= 11 is 6.03. The molecule has 3 amide bonds. The summed E-state index contributed by atoms with van der Waals surface area (Å²) in [6.07, 6.45) is 4.77. The van der Waals surface area contributed by atoms with E-state index in [-0.39, 0.29) is 23.8 Å². The maximum Gasteiger partial charge on any atom is 0.317 e. The Balaban J connectivity index is 1.35. The van der Waals surface area contributed by atoms with Gasteiger partial charge in [0.25, 0.3) is 5.91 Å². The van der Waals surface area contributed by atoms with Gasteiger partial charge in [-0.05, 0) is 43.2 Å². The molecule has 9 heteroatoms. The molecule has 1 aromatic carbocycles. The molecule has 3 heterocycles. The molecule has 156 valence electrons. The number of hydrogen-bond donors (Lipinski definition) is 2. The summed E-state index contributed by atoms with van der Waals surface area (Å²) in [5, 5.41) is 4.62. The summed E-state index contributed by atoms with van der Waals surface area (Å²) in [5.41, 5.74) is 1.87. The topological polar surface area (TPSA) is 94.2 Å². The van der Waals surface area contributed by atoms with Crippen LogP contribution in [0.2, 0.25) is 5.02 Å². The third-order valence-corrected chi connectivity index (χ3v) is 5.61. The van der Waals surface area contributed by atoms with Crippen LogP contribution in [0.25, 0.3) is 10.9 Å². The number of benzene rings is 1. The van der Waals surface area contributed by atoms with Crippen molar-refractivity contribution >= 4 is 34.4 Å². The fourth-order valence-electron chi connectivity index (χ4n) is 3.73. The minimum Gasteiger partial charge on any atom is -0.357 e. The highest BCUT2D eigenvalue weighted by molar-refractivity contribution is 6.31. The average molecular weight is 427 g/mol. The van der Waals surface area contributed by atoms with Gasteiger partial charge in [-0.25, -0.2) is 14.8 Å². The zero-order valence-electron chi connectivity index (χ0n) is 16.6. The Morgan fingerprint density at radius 2 is 2.10 bits per heavy atom. The molecule has 0 bridgehead atoms. The van der Waals surface area contributed by atoms with Crippen molar-refractivity contribution in [1.29, 1.82) is 0 Å². The SMILES string of the molecule is CN(C(=O)NCc1cc2cc(Cl)ccc2[nH]1)C1CCCN(C(=O)c2ncccn2)C1. The standard InChI is InChI=1S/C21H23ClN6O2/c1-27(17-4-2-9-28(13-17)20(29)19-23-7-3-8-24-19)21(30)25-12-16-11-14-10-15(22)5-6-18(14)26-16/h3,5-8,10-11,17,26H,2,4,9,12-13H2,1H3,(H,25,30). The number of H-pyrrole nitrogens is 1. The number of carbonyl (C=O) groups excluding carboxylic acids is 2. The summed E-state index contributed by atoms with van der Waals surface area (Å²) in [4.78, 5) is 40.1. The van der Waals surface area contributed by atoms with Gasteiger partial charge >= 0.3 is 6.03 Å². The van der Waals surface area contributed by atoms with E-state index < -0.39 is 0 Å². The number of hydrogen-bond acceptors (Lipinski definition) is 4. The van der Waals surface area contributed by atoms with Crippen molar-refractivity contribution in [2.75, 3.05) is 20.1 Å². The molecular formula is C21H23ClN6O2. The van der Waals surface area contributed by atoms with Crippen LogP contribution in [0.3, 0.4) is 0 Å². The van der Waals surface area contributed by atoms with Crippen molar-refractivity contribution in [1.82, 2.24) is 30.1 Å². The number of rotatable bonds is 4. The Morgan fingerprint density at radius 1 is 1.30 bits per heavy atom. The van der Waals surface area contributed by atoms with Gasteiger partial charge in [0.1, 0.15) is 0 Å². The summed E-state index contributed by atoms with van der Waals surface area (Å²) in [7, 11) is 1.76. The summed E-state index contributed by atoms with van der Waals surface area (Å²) < 4.78 is 0. The van der Waals surface area contributed by atoms with Crippen LogP contribution in [0.5, 0.6) is 0 Å². The van der Waals surface area contributed by atoms with Gasteiger partial charge in [-0.1, -0.05) is 11.6 Å². The van der Waals surface area contributed by atoms with Gasteiger partial charge in [0, 0.05) is 54.2 Å². The van der Waals surface area contributed by atoms with E-state index in [1.807, 2.05) is 24.3 Å². The third-order valence-electron chi connectivity index (χ3n) is 5.38. The van der Waals surface area contributed by atoms with Crippen LogP contribution in [0.1, 0.15) is 29.2 Å². The van der Waals surface area contributed by atoms with Gasteiger partial charge in [-0.3, -0.25) is 4.79 Å². The first-order chi connectivity index (χ1) is 14.5. The zero-order valence-corrected chi connectivity index (χ0v) is 17.4. The predicted octanol–water partition coefficient (Wildman–Crippen LogP) is 3.06. The molecule has 1 unspecified atom stereocenters.